The van der Waals surface area contributed by atoms with Crippen molar-refractivity contribution in [2.45, 2.75) is 45.1 Å². The van der Waals surface area contributed by atoms with Crippen LogP contribution in [0.4, 0.5) is 0 Å². The van der Waals surface area contributed by atoms with E-state index >= 15 is 0 Å². The number of nitrogens with zero attached hydrogens (tertiary/aromatic N) is 4. The number of oxime groups is 1. The van der Waals surface area contributed by atoms with Gasteiger partial charge < -0.3 is 14.9 Å². The van der Waals surface area contributed by atoms with Crippen LogP contribution in [0.15, 0.2) is 58.4 Å². The van der Waals surface area contributed by atoms with E-state index in [1.807, 2.05) is 24.0 Å². The van der Waals surface area contributed by atoms with Crippen molar-refractivity contribution in [3.05, 3.63) is 69.6 Å². The van der Waals surface area contributed by atoms with E-state index in [9.17, 15) is 10.0 Å². The van der Waals surface area contributed by atoms with Crippen LogP contribution in [0.1, 0.15) is 55.5 Å². The molecular formula is C26H33BrN4O3. The van der Waals surface area contributed by atoms with Crippen LogP contribution in [0.3, 0.4) is 0 Å². The Morgan fingerprint density at radius 3 is 2.44 bits per heavy atom. The van der Waals surface area contributed by atoms with Gasteiger partial charge in [0.1, 0.15) is 12.2 Å². The largest absolute Gasteiger partial charge is 0.619 e. The standard InChI is InChI=1S/C26H33BrN4O3/c1-3-34-28-24(20-6-8-23(27)9-7-20)21-10-15-30(16-11-21)26(2)12-17-29(18-13-26)25(32)22-5-4-14-31(33)19-22/h4-9,14,19,21H,3,10-13,15-18H2,1-2H3/b28-24+. The lowest BCUT2D eigenvalue weighted by atomic mass is 9.82. The number of amides is 1. The number of benzene rings is 1. The van der Waals surface area contributed by atoms with Crippen LogP contribution in [0, 0.1) is 11.1 Å². The third-order valence-electron chi connectivity index (χ3n) is 7.23. The van der Waals surface area contributed by atoms with Gasteiger partial charge in [0, 0.05) is 35.1 Å². The highest BCUT2D eigenvalue weighted by Gasteiger charge is 2.39. The number of hydrogen-bond donors (Lipinski definition) is 0. The van der Waals surface area contributed by atoms with Gasteiger partial charge in [0.15, 0.2) is 12.4 Å². The molecule has 0 spiro atoms. The van der Waals surface area contributed by atoms with Gasteiger partial charge in [-0.05, 0) is 76.4 Å². The van der Waals surface area contributed by atoms with Gasteiger partial charge in [0.05, 0.1) is 5.71 Å². The predicted molar refractivity (Wildman–Crippen MR) is 136 cm³/mol. The second-order valence-electron chi connectivity index (χ2n) is 9.40. The topological polar surface area (TPSA) is 72.1 Å². The molecule has 7 nitrogen and oxygen atoms in total. The smallest absolute Gasteiger partial charge is 0.259 e. The Kier molecular flexibility index (Phi) is 7.88. The average Bonchev–Trinajstić information content (AvgIpc) is 2.86. The highest BCUT2D eigenvalue weighted by Crippen LogP contribution is 2.34. The molecule has 0 saturated carbocycles. The number of carbonyl (C=O) groups excluding carboxylic acids is 1. The second kappa shape index (κ2) is 10.9. The molecule has 0 unspecified atom stereocenters. The number of hydrogen-bond acceptors (Lipinski definition) is 5. The van der Waals surface area contributed by atoms with Crippen LogP contribution in [0.25, 0.3) is 0 Å². The summed E-state index contributed by atoms with van der Waals surface area (Å²) in [6.07, 6.45) is 6.69. The molecule has 4 rings (SSSR count). The molecule has 0 bridgehead atoms. The number of aromatic nitrogens is 1. The molecule has 8 heteroatoms. The van der Waals surface area contributed by atoms with Gasteiger partial charge in [-0.3, -0.25) is 9.69 Å². The number of piperidine rings is 2. The monoisotopic (exact) mass is 528 g/mol. The van der Waals surface area contributed by atoms with Crippen LogP contribution in [0.2, 0.25) is 0 Å². The maximum absolute atomic E-state index is 12.8. The molecule has 0 atom stereocenters. The molecule has 0 radical (unpaired) electrons. The summed E-state index contributed by atoms with van der Waals surface area (Å²) in [4.78, 5) is 22.8. The summed E-state index contributed by atoms with van der Waals surface area (Å²) in [5.74, 6) is 0.309. The molecule has 1 aromatic carbocycles. The molecule has 2 fully saturated rings. The maximum atomic E-state index is 12.8. The Balaban J connectivity index is 1.36. The molecule has 0 N–H and O–H groups in total. The zero-order valence-corrected chi connectivity index (χ0v) is 21.5. The molecule has 2 aliphatic heterocycles. The minimum Gasteiger partial charge on any atom is -0.619 e. The number of halogens is 1. The highest BCUT2D eigenvalue weighted by atomic mass is 79.9. The van der Waals surface area contributed by atoms with Gasteiger partial charge in [0.25, 0.3) is 5.91 Å². The summed E-state index contributed by atoms with van der Waals surface area (Å²) in [6, 6.07) is 11.6. The Bertz CT molecular complexity index is 1010. The fourth-order valence-corrected chi connectivity index (χ4v) is 5.35. The third kappa shape index (κ3) is 5.61. The number of carbonyl (C=O) groups is 1. The molecule has 1 amide bonds. The minimum atomic E-state index is -0.0581. The van der Waals surface area contributed by atoms with Gasteiger partial charge in [0.2, 0.25) is 0 Å². The first kappa shape index (κ1) is 24.7. The van der Waals surface area contributed by atoms with Crippen LogP contribution >= 0.6 is 15.9 Å². The minimum absolute atomic E-state index is 0.0581. The molecule has 3 heterocycles. The average molecular weight is 529 g/mol. The summed E-state index contributed by atoms with van der Waals surface area (Å²) >= 11 is 3.51. The summed E-state index contributed by atoms with van der Waals surface area (Å²) in [5.41, 5.74) is 2.69. The molecule has 0 aliphatic carbocycles. The van der Waals surface area contributed by atoms with E-state index in [0.717, 1.165) is 54.5 Å². The van der Waals surface area contributed by atoms with Crippen LogP contribution < -0.4 is 4.73 Å². The van der Waals surface area contributed by atoms with Gasteiger partial charge >= 0.3 is 0 Å². The molecule has 1 aromatic heterocycles. The molecule has 182 valence electrons. The van der Waals surface area contributed by atoms with E-state index in [1.165, 1.54) is 12.4 Å². The number of likely N-dealkylation sites (tertiary alicyclic amines) is 2. The Morgan fingerprint density at radius 1 is 1.15 bits per heavy atom. The van der Waals surface area contributed by atoms with Gasteiger partial charge in [-0.25, -0.2) is 0 Å². The first-order chi connectivity index (χ1) is 16.4. The number of rotatable bonds is 6. The van der Waals surface area contributed by atoms with Crippen LogP contribution in [0.5, 0.6) is 0 Å². The summed E-state index contributed by atoms with van der Waals surface area (Å²) in [7, 11) is 0. The summed E-state index contributed by atoms with van der Waals surface area (Å²) in [6.45, 7) is 8.27. The lowest BCUT2D eigenvalue weighted by Crippen LogP contribution is -2.56. The van der Waals surface area contributed by atoms with Crippen molar-refractivity contribution in [3.63, 3.8) is 0 Å². The first-order valence-corrected chi connectivity index (χ1v) is 12.9. The van der Waals surface area contributed by atoms with E-state index in [-0.39, 0.29) is 11.4 Å². The molecular weight excluding hydrogens is 496 g/mol. The molecule has 2 aliphatic rings. The second-order valence-corrected chi connectivity index (χ2v) is 10.3. The normalized spacial score (nSPS) is 19.7. The van der Waals surface area contributed by atoms with E-state index in [2.05, 4.69) is 45.0 Å². The van der Waals surface area contributed by atoms with Gasteiger partial charge in [-0.1, -0.05) is 33.2 Å². The molecule has 2 aromatic rings. The van der Waals surface area contributed by atoms with Crippen LogP contribution in [-0.4, -0.2) is 59.7 Å². The molecule has 2 saturated heterocycles. The van der Waals surface area contributed by atoms with E-state index < -0.39 is 0 Å². The van der Waals surface area contributed by atoms with E-state index in [4.69, 9.17) is 4.84 Å². The lowest BCUT2D eigenvalue weighted by Gasteiger charge is -2.49. The van der Waals surface area contributed by atoms with Crippen LogP contribution in [-0.2, 0) is 4.84 Å². The van der Waals surface area contributed by atoms with Crippen molar-refractivity contribution in [2.24, 2.45) is 11.1 Å². The SMILES string of the molecule is CCO/N=C(\c1ccc(Br)cc1)C1CCN(C2(C)CCN(C(=O)c3ccc[n+]([O-])c3)CC2)CC1. The zero-order valence-electron chi connectivity index (χ0n) is 20.0. The van der Waals surface area contributed by atoms with Crippen molar-refractivity contribution in [2.75, 3.05) is 32.8 Å². The summed E-state index contributed by atoms with van der Waals surface area (Å²) in [5, 5.41) is 16.0. The van der Waals surface area contributed by atoms with Crippen molar-refractivity contribution >= 4 is 27.5 Å². The van der Waals surface area contributed by atoms with Gasteiger partial charge in [-0.15, -0.1) is 0 Å². The number of pyridine rings is 1. The lowest BCUT2D eigenvalue weighted by molar-refractivity contribution is -0.605. The highest BCUT2D eigenvalue weighted by molar-refractivity contribution is 9.10. The fourth-order valence-electron chi connectivity index (χ4n) is 5.08. The summed E-state index contributed by atoms with van der Waals surface area (Å²) < 4.78 is 1.74. The predicted octanol–water partition coefficient (Wildman–Crippen LogP) is 4.23. The van der Waals surface area contributed by atoms with Gasteiger partial charge in [-0.2, -0.15) is 4.73 Å². The maximum Gasteiger partial charge on any atom is 0.259 e. The van der Waals surface area contributed by atoms with Crippen molar-refractivity contribution in [3.8, 4) is 0 Å². The third-order valence-corrected chi connectivity index (χ3v) is 7.76. The Morgan fingerprint density at radius 2 is 1.82 bits per heavy atom. The first-order valence-electron chi connectivity index (χ1n) is 12.1. The van der Waals surface area contributed by atoms with Crippen molar-refractivity contribution in [1.29, 1.82) is 0 Å². The fraction of sp³-hybridized carbons (Fsp3) is 0.500. The van der Waals surface area contributed by atoms with Crippen molar-refractivity contribution < 1.29 is 14.4 Å². The van der Waals surface area contributed by atoms with Crippen molar-refractivity contribution in [1.82, 2.24) is 9.80 Å². The quantitative estimate of drug-likeness (QED) is 0.243. The van der Waals surface area contributed by atoms with E-state index in [0.29, 0.717) is 35.9 Å². The zero-order chi connectivity index (χ0) is 24.1. The van der Waals surface area contributed by atoms with E-state index in [1.54, 1.807) is 12.1 Å². The Hall–Kier alpha value is -2.45. The molecule has 34 heavy (non-hydrogen) atoms. The Labute approximate surface area is 210 Å².